The van der Waals surface area contributed by atoms with Crippen LogP contribution in [0.15, 0.2) is 0 Å². The van der Waals surface area contributed by atoms with Gasteiger partial charge in [-0.25, -0.2) is 0 Å². The molecule has 13 heavy (non-hydrogen) atoms. The van der Waals surface area contributed by atoms with Gasteiger partial charge in [0.15, 0.2) is 0 Å². The molecular weight excluding hydrogens is 180 g/mol. The Labute approximate surface area is 81.9 Å². The fourth-order valence-electron chi connectivity index (χ4n) is 2.32. The predicted molar refractivity (Wildman–Crippen MR) is 54.9 cm³/mol. The molecule has 0 aromatic heterocycles. The molecule has 2 nitrogen and oxygen atoms in total. The van der Waals surface area contributed by atoms with Crippen molar-refractivity contribution >= 4 is 8.56 Å². The molecule has 2 aliphatic carbocycles. The average Bonchev–Trinajstić information content (AvgIpc) is 2.83. The summed E-state index contributed by atoms with van der Waals surface area (Å²) in [6.07, 6.45) is 6.90. The standard InChI is InChI=1S/C10H20O2Si/c1-11-13(12-2,8-9-6-7-9)10-4-3-5-10/h9-10H,3-8H2,1-2H3. The lowest BCUT2D eigenvalue weighted by Gasteiger charge is -2.40. The van der Waals surface area contributed by atoms with E-state index in [1.54, 1.807) is 0 Å². The van der Waals surface area contributed by atoms with Crippen LogP contribution >= 0.6 is 0 Å². The van der Waals surface area contributed by atoms with Crippen molar-refractivity contribution in [3.05, 3.63) is 0 Å². The zero-order chi connectivity index (χ0) is 9.31. The number of hydrogen-bond acceptors (Lipinski definition) is 2. The molecule has 2 fully saturated rings. The summed E-state index contributed by atoms with van der Waals surface area (Å²) in [6, 6.07) is 1.25. The van der Waals surface area contributed by atoms with Crippen LogP contribution in [-0.4, -0.2) is 22.8 Å². The average molecular weight is 200 g/mol. The van der Waals surface area contributed by atoms with Crippen LogP contribution < -0.4 is 0 Å². The second-order valence-electron chi connectivity index (χ2n) is 4.50. The molecule has 3 heteroatoms. The highest BCUT2D eigenvalue weighted by atomic mass is 28.4. The van der Waals surface area contributed by atoms with Crippen LogP contribution in [0.1, 0.15) is 32.1 Å². The normalized spacial score (nSPS) is 24.5. The van der Waals surface area contributed by atoms with Gasteiger partial charge < -0.3 is 8.85 Å². The molecule has 76 valence electrons. The SMILES string of the molecule is CO[Si](CC1CC1)(OC)C1CCC1. The Bertz CT molecular complexity index is 172. The van der Waals surface area contributed by atoms with Crippen molar-refractivity contribution in [2.45, 2.75) is 43.7 Å². The molecule has 0 amide bonds. The van der Waals surface area contributed by atoms with Crippen LogP contribution in [0.3, 0.4) is 0 Å². The second-order valence-corrected chi connectivity index (χ2v) is 8.16. The van der Waals surface area contributed by atoms with Gasteiger partial charge in [-0.05, 0) is 24.8 Å². The van der Waals surface area contributed by atoms with Crippen molar-refractivity contribution in [2.24, 2.45) is 5.92 Å². The lowest BCUT2D eigenvalue weighted by Crippen LogP contribution is -2.48. The van der Waals surface area contributed by atoms with Gasteiger partial charge in [0.05, 0.1) is 0 Å². The lowest BCUT2D eigenvalue weighted by molar-refractivity contribution is 0.205. The highest BCUT2D eigenvalue weighted by Gasteiger charge is 2.50. The van der Waals surface area contributed by atoms with E-state index in [1.807, 2.05) is 14.2 Å². The minimum atomic E-state index is -1.76. The fraction of sp³-hybridized carbons (Fsp3) is 1.00. The summed E-state index contributed by atoms with van der Waals surface area (Å²) in [5, 5.41) is 0. The smallest absolute Gasteiger partial charge is 0.341 e. The van der Waals surface area contributed by atoms with Crippen molar-refractivity contribution in [3.63, 3.8) is 0 Å². The Morgan fingerprint density at radius 2 is 1.69 bits per heavy atom. The molecule has 0 radical (unpaired) electrons. The molecule has 0 N–H and O–H groups in total. The predicted octanol–water partition coefficient (Wildman–Crippen LogP) is 2.69. The van der Waals surface area contributed by atoms with Crippen molar-refractivity contribution in [1.29, 1.82) is 0 Å². The van der Waals surface area contributed by atoms with Gasteiger partial charge in [-0.2, -0.15) is 0 Å². The monoisotopic (exact) mass is 200 g/mol. The molecule has 0 unspecified atom stereocenters. The summed E-state index contributed by atoms with van der Waals surface area (Å²) in [7, 11) is 1.95. The minimum Gasteiger partial charge on any atom is -0.397 e. The van der Waals surface area contributed by atoms with Crippen molar-refractivity contribution in [3.8, 4) is 0 Å². The number of hydrogen-bond donors (Lipinski definition) is 0. The van der Waals surface area contributed by atoms with Crippen molar-refractivity contribution in [2.75, 3.05) is 14.2 Å². The minimum absolute atomic E-state index is 0.795. The van der Waals surface area contributed by atoms with Gasteiger partial charge in [0, 0.05) is 19.8 Å². The van der Waals surface area contributed by atoms with Crippen LogP contribution in [0.25, 0.3) is 0 Å². The maximum absolute atomic E-state index is 5.76. The third kappa shape index (κ3) is 1.83. The molecule has 0 spiro atoms. The third-order valence-corrected chi connectivity index (χ3v) is 8.04. The molecule has 0 saturated heterocycles. The first-order valence-corrected chi connectivity index (χ1v) is 7.51. The Hall–Kier alpha value is 0.137. The molecule has 0 aromatic carbocycles. The lowest BCUT2D eigenvalue weighted by atomic mass is 10.00. The Kier molecular flexibility index (Phi) is 2.77. The summed E-state index contributed by atoms with van der Waals surface area (Å²) in [5.74, 6) is 0.937. The summed E-state index contributed by atoms with van der Waals surface area (Å²) in [6.45, 7) is 0. The molecular formula is C10H20O2Si. The molecule has 2 aliphatic rings. The van der Waals surface area contributed by atoms with Crippen LogP contribution in [0.2, 0.25) is 11.6 Å². The van der Waals surface area contributed by atoms with E-state index in [2.05, 4.69) is 0 Å². The van der Waals surface area contributed by atoms with Crippen molar-refractivity contribution in [1.82, 2.24) is 0 Å². The van der Waals surface area contributed by atoms with Gasteiger partial charge in [0.25, 0.3) is 0 Å². The summed E-state index contributed by atoms with van der Waals surface area (Å²) >= 11 is 0. The quantitative estimate of drug-likeness (QED) is 0.635. The third-order valence-electron chi connectivity index (χ3n) is 3.69. The molecule has 0 aliphatic heterocycles. The molecule has 2 rings (SSSR count). The van der Waals surface area contributed by atoms with Gasteiger partial charge in [-0.3, -0.25) is 0 Å². The van der Waals surface area contributed by atoms with E-state index in [1.165, 1.54) is 38.1 Å². The maximum Gasteiger partial charge on any atom is 0.341 e. The zero-order valence-corrected chi connectivity index (χ0v) is 9.71. The zero-order valence-electron chi connectivity index (χ0n) is 8.71. The second kappa shape index (κ2) is 3.71. The number of rotatable bonds is 5. The maximum atomic E-state index is 5.76. The van der Waals surface area contributed by atoms with E-state index in [4.69, 9.17) is 8.85 Å². The Morgan fingerprint density at radius 3 is 2.00 bits per heavy atom. The van der Waals surface area contributed by atoms with Gasteiger partial charge in [0.1, 0.15) is 0 Å². The molecule has 0 bridgehead atoms. The first-order valence-electron chi connectivity index (χ1n) is 5.41. The van der Waals surface area contributed by atoms with Gasteiger partial charge >= 0.3 is 8.56 Å². The van der Waals surface area contributed by atoms with E-state index in [0.29, 0.717) is 0 Å². The Balaban J connectivity index is 1.97. The first-order chi connectivity index (χ1) is 6.30. The molecule has 0 heterocycles. The van der Waals surface area contributed by atoms with Crippen LogP contribution in [0, 0.1) is 5.92 Å². The van der Waals surface area contributed by atoms with Crippen LogP contribution in [0.5, 0.6) is 0 Å². The molecule has 0 atom stereocenters. The van der Waals surface area contributed by atoms with Crippen molar-refractivity contribution < 1.29 is 8.85 Å². The van der Waals surface area contributed by atoms with E-state index in [-0.39, 0.29) is 0 Å². The highest BCUT2D eigenvalue weighted by molar-refractivity contribution is 6.69. The van der Waals surface area contributed by atoms with Gasteiger partial charge in [-0.1, -0.05) is 19.3 Å². The summed E-state index contributed by atoms with van der Waals surface area (Å²) < 4.78 is 11.5. The highest BCUT2D eigenvalue weighted by Crippen LogP contribution is 2.48. The van der Waals surface area contributed by atoms with E-state index < -0.39 is 8.56 Å². The largest absolute Gasteiger partial charge is 0.397 e. The topological polar surface area (TPSA) is 18.5 Å². The van der Waals surface area contributed by atoms with Crippen LogP contribution in [-0.2, 0) is 8.85 Å². The van der Waals surface area contributed by atoms with E-state index in [9.17, 15) is 0 Å². The van der Waals surface area contributed by atoms with Gasteiger partial charge in [0.2, 0.25) is 0 Å². The van der Waals surface area contributed by atoms with Crippen LogP contribution in [0.4, 0.5) is 0 Å². The van der Waals surface area contributed by atoms with E-state index >= 15 is 0 Å². The van der Waals surface area contributed by atoms with E-state index in [0.717, 1.165) is 11.5 Å². The fourth-order valence-corrected chi connectivity index (χ4v) is 6.32. The van der Waals surface area contributed by atoms with Gasteiger partial charge in [-0.15, -0.1) is 0 Å². The molecule has 0 aromatic rings. The summed E-state index contributed by atoms with van der Waals surface area (Å²) in [4.78, 5) is 0. The Morgan fingerprint density at radius 1 is 1.08 bits per heavy atom. The molecule has 2 saturated carbocycles. The first kappa shape index (κ1) is 9.68. The summed E-state index contributed by atoms with van der Waals surface area (Å²) in [5.41, 5.74) is 0.795.